The minimum atomic E-state index is -1.02. The van der Waals surface area contributed by atoms with Crippen molar-refractivity contribution in [2.75, 3.05) is 19.1 Å². The van der Waals surface area contributed by atoms with Crippen LogP contribution in [0.25, 0.3) is 0 Å². The topological polar surface area (TPSA) is 55.8 Å². The highest BCUT2D eigenvalue weighted by atomic mass is 35.5. The lowest BCUT2D eigenvalue weighted by molar-refractivity contribution is -0.139. The predicted octanol–water partition coefficient (Wildman–Crippen LogP) is 3.11. The zero-order valence-electron chi connectivity index (χ0n) is 12.7. The number of hydrogen-bond donors (Lipinski definition) is 0. The summed E-state index contributed by atoms with van der Waals surface area (Å²) in [5.41, 5.74) is -0.796. The molecule has 1 heterocycles. The van der Waals surface area contributed by atoms with E-state index in [4.69, 9.17) is 11.6 Å². The van der Waals surface area contributed by atoms with Gasteiger partial charge < -0.3 is 14.4 Å². The van der Waals surface area contributed by atoms with Gasteiger partial charge >= 0.3 is 11.9 Å². The number of rotatable bonds is 3. The SMILES string of the molecule is COC(=O)C1=C(C(=O)OC)N(c2c(F)cc(F)cc2Cl)C=CC=C1. The summed E-state index contributed by atoms with van der Waals surface area (Å²) in [6.45, 7) is 0. The number of ether oxygens (including phenoxy) is 2. The van der Waals surface area contributed by atoms with E-state index in [0.29, 0.717) is 6.07 Å². The molecule has 0 spiro atoms. The third-order valence-electron chi connectivity index (χ3n) is 3.11. The summed E-state index contributed by atoms with van der Waals surface area (Å²) in [5, 5.41) is -0.287. The van der Waals surface area contributed by atoms with Crippen LogP contribution in [0, 0.1) is 11.6 Å². The molecule has 0 N–H and O–H groups in total. The van der Waals surface area contributed by atoms with Crippen LogP contribution in [-0.4, -0.2) is 26.2 Å². The second-order valence-electron chi connectivity index (χ2n) is 4.53. The maximum Gasteiger partial charge on any atom is 0.355 e. The van der Waals surface area contributed by atoms with E-state index in [9.17, 15) is 18.4 Å². The van der Waals surface area contributed by atoms with Crippen molar-refractivity contribution in [3.8, 4) is 0 Å². The first-order chi connectivity index (χ1) is 11.4. The second kappa shape index (κ2) is 7.27. The molecule has 5 nitrogen and oxygen atoms in total. The largest absolute Gasteiger partial charge is 0.465 e. The number of allylic oxidation sites excluding steroid dienone is 2. The van der Waals surface area contributed by atoms with E-state index in [1.807, 2.05) is 0 Å². The van der Waals surface area contributed by atoms with Crippen LogP contribution in [0.3, 0.4) is 0 Å². The van der Waals surface area contributed by atoms with E-state index < -0.39 is 23.6 Å². The molecule has 1 aliphatic rings. The normalized spacial score (nSPS) is 13.8. The highest BCUT2D eigenvalue weighted by Gasteiger charge is 2.30. The standard InChI is InChI=1S/C16H12ClF2NO4/c1-23-15(21)10-5-3-4-6-20(13(10)16(22)24-2)14-11(17)7-9(18)8-12(14)19/h3-8H,1-2H3. The molecule has 1 aromatic carbocycles. The van der Waals surface area contributed by atoms with E-state index in [2.05, 4.69) is 9.47 Å². The minimum Gasteiger partial charge on any atom is -0.465 e. The number of esters is 2. The van der Waals surface area contributed by atoms with Crippen LogP contribution in [0.2, 0.25) is 5.02 Å². The van der Waals surface area contributed by atoms with Gasteiger partial charge in [0.05, 0.1) is 24.8 Å². The molecule has 1 aromatic rings. The fourth-order valence-electron chi connectivity index (χ4n) is 2.10. The van der Waals surface area contributed by atoms with E-state index in [1.165, 1.54) is 24.4 Å². The third-order valence-corrected chi connectivity index (χ3v) is 3.40. The van der Waals surface area contributed by atoms with Gasteiger partial charge in [0.25, 0.3) is 0 Å². The molecule has 0 radical (unpaired) electrons. The first-order valence-electron chi connectivity index (χ1n) is 6.60. The molecule has 1 aliphatic heterocycles. The number of nitrogens with zero attached hydrogens (tertiary/aromatic N) is 1. The molecule has 0 aromatic heterocycles. The summed E-state index contributed by atoms with van der Waals surface area (Å²) >= 11 is 5.93. The highest BCUT2D eigenvalue weighted by Crippen LogP contribution is 2.35. The fourth-order valence-corrected chi connectivity index (χ4v) is 2.39. The summed E-state index contributed by atoms with van der Waals surface area (Å²) in [6.07, 6.45) is 5.49. The predicted molar refractivity (Wildman–Crippen MR) is 83.2 cm³/mol. The molecule has 2 rings (SSSR count). The third kappa shape index (κ3) is 3.30. The molecule has 8 heteroatoms. The molecule has 0 saturated carbocycles. The molecule has 0 bridgehead atoms. The lowest BCUT2D eigenvalue weighted by Crippen LogP contribution is -2.27. The molecule has 126 valence electrons. The van der Waals surface area contributed by atoms with Crippen LogP contribution in [0.1, 0.15) is 0 Å². The summed E-state index contributed by atoms with van der Waals surface area (Å²) in [5.74, 6) is -3.66. The Morgan fingerprint density at radius 3 is 2.33 bits per heavy atom. The molecular weight excluding hydrogens is 344 g/mol. The van der Waals surface area contributed by atoms with Gasteiger partial charge in [-0.25, -0.2) is 18.4 Å². The average molecular weight is 356 g/mol. The number of benzene rings is 1. The van der Waals surface area contributed by atoms with Crippen molar-refractivity contribution in [3.05, 3.63) is 64.5 Å². The van der Waals surface area contributed by atoms with Crippen LogP contribution in [-0.2, 0) is 19.1 Å². The summed E-state index contributed by atoms with van der Waals surface area (Å²) < 4.78 is 36.9. The number of carbonyl (C=O) groups is 2. The van der Waals surface area contributed by atoms with Gasteiger partial charge in [-0.15, -0.1) is 0 Å². The van der Waals surface area contributed by atoms with Crippen LogP contribution >= 0.6 is 11.6 Å². The molecule has 0 fully saturated rings. The minimum absolute atomic E-state index is 0.172. The Balaban J connectivity index is 2.75. The molecule has 24 heavy (non-hydrogen) atoms. The van der Waals surface area contributed by atoms with Gasteiger partial charge in [0.15, 0.2) is 5.82 Å². The second-order valence-corrected chi connectivity index (χ2v) is 4.94. The Kier molecular flexibility index (Phi) is 5.35. The Hall–Kier alpha value is -2.67. The maximum atomic E-state index is 14.3. The van der Waals surface area contributed by atoms with Crippen molar-refractivity contribution in [2.45, 2.75) is 0 Å². The molecule has 0 atom stereocenters. The number of carbonyl (C=O) groups excluding carboxylic acids is 2. The molecule has 0 saturated heterocycles. The first kappa shape index (κ1) is 17.7. The van der Waals surface area contributed by atoms with Crippen LogP contribution in [0.15, 0.2) is 47.8 Å². The zero-order valence-corrected chi connectivity index (χ0v) is 13.4. The maximum absolute atomic E-state index is 14.3. The number of methoxy groups -OCH3 is 2. The monoisotopic (exact) mass is 355 g/mol. The lowest BCUT2D eigenvalue weighted by atomic mass is 10.1. The van der Waals surface area contributed by atoms with Crippen LogP contribution in [0.4, 0.5) is 14.5 Å². The number of hydrogen-bond acceptors (Lipinski definition) is 5. The van der Waals surface area contributed by atoms with E-state index in [1.54, 1.807) is 0 Å². The quantitative estimate of drug-likeness (QED) is 0.780. The molecule has 0 aliphatic carbocycles. The Morgan fingerprint density at radius 2 is 1.75 bits per heavy atom. The van der Waals surface area contributed by atoms with Crippen LogP contribution < -0.4 is 4.90 Å². The van der Waals surface area contributed by atoms with Crippen molar-refractivity contribution < 1.29 is 27.8 Å². The summed E-state index contributed by atoms with van der Waals surface area (Å²) in [7, 11) is 2.23. The molecule has 0 unspecified atom stereocenters. The number of anilines is 1. The highest BCUT2D eigenvalue weighted by molar-refractivity contribution is 6.33. The number of halogens is 3. The van der Waals surface area contributed by atoms with E-state index in [0.717, 1.165) is 25.2 Å². The lowest BCUT2D eigenvalue weighted by Gasteiger charge is -2.24. The van der Waals surface area contributed by atoms with Crippen molar-refractivity contribution >= 4 is 29.2 Å². The Labute approximate surface area is 141 Å². The van der Waals surface area contributed by atoms with Gasteiger partial charge in [0.2, 0.25) is 0 Å². The molecule has 0 amide bonds. The van der Waals surface area contributed by atoms with E-state index >= 15 is 0 Å². The van der Waals surface area contributed by atoms with E-state index in [-0.39, 0.29) is 22.0 Å². The van der Waals surface area contributed by atoms with Crippen molar-refractivity contribution in [3.63, 3.8) is 0 Å². The first-order valence-corrected chi connectivity index (χ1v) is 6.98. The van der Waals surface area contributed by atoms with Crippen molar-refractivity contribution in [2.24, 2.45) is 0 Å². The zero-order chi connectivity index (χ0) is 17.9. The van der Waals surface area contributed by atoms with Crippen LogP contribution in [0.5, 0.6) is 0 Å². The Morgan fingerprint density at radius 1 is 1.08 bits per heavy atom. The van der Waals surface area contributed by atoms with Gasteiger partial charge in [0.1, 0.15) is 17.2 Å². The smallest absolute Gasteiger partial charge is 0.355 e. The summed E-state index contributed by atoms with van der Waals surface area (Å²) in [4.78, 5) is 25.2. The van der Waals surface area contributed by atoms with Gasteiger partial charge in [-0.2, -0.15) is 0 Å². The Bertz CT molecular complexity index is 763. The van der Waals surface area contributed by atoms with Gasteiger partial charge in [-0.05, 0) is 18.2 Å². The average Bonchev–Trinajstić information content (AvgIpc) is 2.75. The van der Waals surface area contributed by atoms with Gasteiger partial charge in [-0.1, -0.05) is 17.7 Å². The summed E-state index contributed by atoms with van der Waals surface area (Å²) in [6, 6.07) is 1.50. The van der Waals surface area contributed by atoms with Crippen molar-refractivity contribution in [1.82, 2.24) is 0 Å². The van der Waals surface area contributed by atoms with Gasteiger partial charge in [-0.3, -0.25) is 0 Å². The van der Waals surface area contributed by atoms with Gasteiger partial charge in [0, 0.05) is 12.3 Å². The van der Waals surface area contributed by atoms with Crippen molar-refractivity contribution in [1.29, 1.82) is 0 Å². The molecular formula is C16H12ClF2NO4. The fraction of sp³-hybridized carbons (Fsp3) is 0.125.